The predicted molar refractivity (Wildman–Crippen MR) is 116 cm³/mol. The van der Waals surface area contributed by atoms with Gasteiger partial charge in [-0.25, -0.2) is 18.1 Å². The molecule has 9 heteroatoms. The zero-order chi connectivity index (χ0) is 21.0. The number of sulfonamides is 1. The van der Waals surface area contributed by atoms with Crippen LogP contribution in [0.1, 0.15) is 0 Å². The fourth-order valence-corrected chi connectivity index (χ4v) is 3.90. The van der Waals surface area contributed by atoms with Crippen molar-refractivity contribution in [3.05, 3.63) is 60.7 Å². The molecule has 0 aliphatic carbocycles. The summed E-state index contributed by atoms with van der Waals surface area (Å²) in [6.45, 7) is 2.85. The van der Waals surface area contributed by atoms with Crippen LogP contribution in [-0.2, 0) is 14.8 Å². The topological polar surface area (TPSA) is 96.5 Å². The Labute approximate surface area is 176 Å². The summed E-state index contributed by atoms with van der Waals surface area (Å²) >= 11 is 0. The van der Waals surface area contributed by atoms with Crippen LogP contribution in [-0.4, -0.2) is 51.7 Å². The Morgan fingerprint density at radius 2 is 1.67 bits per heavy atom. The Morgan fingerprint density at radius 1 is 0.967 bits per heavy atom. The fraction of sp³-hybridized carbons (Fsp3) is 0.238. The maximum absolute atomic E-state index is 11.9. The second-order valence-electron chi connectivity index (χ2n) is 6.76. The summed E-state index contributed by atoms with van der Waals surface area (Å²) in [4.78, 5) is 11.7. The van der Waals surface area contributed by atoms with Crippen molar-refractivity contribution in [1.82, 2.24) is 14.7 Å². The van der Waals surface area contributed by atoms with E-state index in [9.17, 15) is 8.42 Å². The highest BCUT2D eigenvalue weighted by molar-refractivity contribution is 7.89. The van der Waals surface area contributed by atoms with Gasteiger partial charge in [0.1, 0.15) is 5.82 Å². The molecule has 30 heavy (non-hydrogen) atoms. The monoisotopic (exact) mass is 425 g/mol. The molecule has 3 aromatic rings. The highest BCUT2D eigenvalue weighted by atomic mass is 32.2. The van der Waals surface area contributed by atoms with Crippen molar-refractivity contribution < 1.29 is 13.2 Å². The van der Waals surface area contributed by atoms with E-state index in [1.54, 1.807) is 12.1 Å². The van der Waals surface area contributed by atoms with E-state index in [2.05, 4.69) is 24.9 Å². The van der Waals surface area contributed by atoms with Crippen LogP contribution in [0.2, 0.25) is 0 Å². The SMILES string of the molecule is CNS(=O)(=O)c1ccc(Nc2nc(-c3ccccc3)cc(N3CCOCC3)n2)cc1. The van der Waals surface area contributed by atoms with E-state index in [-0.39, 0.29) is 4.90 Å². The van der Waals surface area contributed by atoms with Crippen LogP contribution < -0.4 is 14.9 Å². The first-order valence-corrected chi connectivity index (χ1v) is 11.1. The van der Waals surface area contributed by atoms with E-state index < -0.39 is 10.0 Å². The average Bonchev–Trinajstić information content (AvgIpc) is 2.80. The summed E-state index contributed by atoms with van der Waals surface area (Å²) in [6, 6.07) is 18.4. The highest BCUT2D eigenvalue weighted by Gasteiger charge is 2.16. The molecule has 0 atom stereocenters. The van der Waals surface area contributed by atoms with E-state index in [1.807, 2.05) is 36.4 Å². The minimum Gasteiger partial charge on any atom is -0.378 e. The Hall–Kier alpha value is -3.01. The quantitative estimate of drug-likeness (QED) is 0.627. The van der Waals surface area contributed by atoms with Crippen molar-refractivity contribution in [2.24, 2.45) is 0 Å². The number of benzene rings is 2. The van der Waals surface area contributed by atoms with Gasteiger partial charge in [0.05, 0.1) is 23.8 Å². The smallest absolute Gasteiger partial charge is 0.240 e. The van der Waals surface area contributed by atoms with Crippen molar-refractivity contribution in [2.75, 3.05) is 43.6 Å². The normalized spacial score (nSPS) is 14.5. The second kappa shape index (κ2) is 8.78. The number of nitrogens with one attached hydrogen (secondary N) is 2. The van der Waals surface area contributed by atoms with Crippen LogP contribution in [0, 0.1) is 0 Å². The van der Waals surface area contributed by atoms with Crippen LogP contribution in [0.5, 0.6) is 0 Å². The third-order valence-electron chi connectivity index (χ3n) is 4.81. The minimum atomic E-state index is -3.48. The number of hydrogen-bond donors (Lipinski definition) is 2. The molecule has 8 nitrogen and oxygen atoms in total. The van der Waals surface area contributed by atoms with Crippen LogP contribution in [0.25, 0.3) is 11.3 Å². The Bertz CT molecular complexity index is 1100. The summed E-state index contributed by atoms with van der Waals surface area (Å²) in [5.74, 6) is 1.27. The lowest BCUT2D eigenvalue weighted by Gasteiger charge is -2.28. The first-order valence-electron chi connectivity index (χ1n) is 9.63. The minimum absolute atomic E-state index is 0.198. The maximum Gasteiger partial charge on any atom is 0.240 e. The van der Waals surface area contributed by atoms with Crippen LogP contribution in [0.15, 0.2) is 65.6 Å². The molecule has 0 radical (unpaired) electrons. The molecule has 2 heterocycles. The molecule has 4 rings (SSSR count). The van der Waals surface area contributed by atoms with Crippen molar-refractivity contribution >= 4 is 27.5 Å². The number of aromatic nitrogens is 2. The molecule has 1 aliphatic rings. The second-order valence-corrected chi connectivity index (χ2v) is 8.64. The lowest BCUT2D eigenvalue weighted by atomic mass is 10.1. The lowest BCUT2D eigenvalue weighted by molar-refractivity contribution is 0.122. The molecule has 156 valence electrons. The van der Waals surface area contributed by atoms with Gasteiger partial charge in [-0.05, 0) is 31.3 Å². The van der Waals surface area contributed by atoms with Gasteiger partial charge in [0.2, 0.25) is 16.0 Å². The van der Waals surface area contributed by atoms with Crippen LogP contribution in [0.3, 0.4) is 0 Å². The highest BCUT2D eigenvalue weighted by Crippen LogP contribution is 2.26. The number of hydrogen-bond acceptors (Lipinski definition) is 7. The van der Waals surface area contributed by atoms with Gasteiger partial charge in [-0.3, -0.25) is 0 Å². The molecule has 1 fully saturated rings. The third kappa shape index (κ3) is 4.59. The molecule has 0 bridgehead atoms. The van der Waals surface area contributed by atoms with Crippen molar-refractivity contribution in [3.8, 4) is 11.3 Å². The average molecular weight is 426 g/mol. The summed E-state index contributed by atoms with van der Waals surface area (Å²) in [5.41, 5.74) is 2.50. The standard InChI is InChI=1S/C21H23N5O3S/c1-22-30(27,28)18-9-7-17(8-10-18)23-21-24-19(16-5-3-2-4-6-16)15-20(25-21)26-11-13-29-14-12-26/h2-10,15,22H,11-14H2,1H3,(H,23,24,25). The van der Waals surface area contributed by atoms with E-state index in [0.717, 1.165) is 30.2 Å². The molecule has 0 spiro atoms. The number of nitrogens with zero attached hydrogens (tertiary/aromatic N) is 3. The summed E-state index contributed by atoms with van der Waals surface area (Å²) < 4.78 is 31.6. The van der Waals surface area contributed by atoms with Crippen molar-refractivity contribution in [3.63, 3.8) is 0 Å². The van der Waals surface area contributed by atoms with Gasteiger partial charge in [-0.2, -0.15) is 4.98 Å². The van der Waals surface area contributed by atoms with Gasteiger partial charge in [0.25, 0.3) is 0 Å². The predicted octanol–water partition coefficient (Wildman–Crippen LogP) is 2.63. The van der Waals surface area contributed by atoms with Gasteiger partial charge in [-0.1, -0.05) is 30.3 Å². The molecule has 0 unspecified atom stereocenters. The van der Waals surface area contributed by atoms with Gasteiger partial charge in [-0.15, -0.1) is 0 Å². The summed E-state index contributed by atoms with van der Waals surface area (Å²) in [7, 11) is -2.09. The van der Waals surface area contributed by atoms with Gasteiger partial charge in [0, 0.05) is 30.4 Å². The molecular weight excluding hydrogens is 402 g/mol. The number of morpholine rings is 1. The molecule has 1 aromatic heterocycles. The zero-order valence-electron chi connectivity index (χ0n) is 16.6. The molecule has 0 amide bonds. The first kappa shape index (κ1) is 20.3. The number of anilines is 3. The lowest BCUT2D eigenvalue weighted by Crippen LogP contribution is -2.36. The maximum atomic E-state index is 11.9. The molecule has 1 saturated heterocycles. The number of rotatable bonds is 6. The van der Waals surface area contributed by atoms with Crippen molar-refractivity contribution in [1.29, 1.82) is 0 Å². The molecule has 0 saturated carbocycles. The Balaban J connectivity index is 1.66. The summed E-state index contributed by atoms with van der Waals surface area (Å²) in [6.07, 6.45) is 0. The first-order chi connectivity index (χ1) is 14.5. The van der Waals surface area contributed by atoms with Gasteiger partial charge >= 0.3 is 0 Å². The van der Waals surface area contributed by atoms with Gasteiger partial charge in [0.15, 0.2) is 0 Å². The van der Waals surface area contributed by atoms with E-state index in [1.165, 1.54) is 19.2 Å². The Kier molecular flexibility index (Phi) is 5.93. The summed E-state index contributed by atoms with van der Waals surface area (Å²) in [5, 5.41) is 3.19. The largest absolute Gasteiger partial charge is 0.378 e. The fourth-order valence-electron chi connectivity index (χ4n) is 3.17. The van der Waals surface area contributed by atoms with Gasteiger partial charge < -0.3 is 15.0 Å². The molecular formula is C21H23N5O3S. The van der Waals surface area contributed by atoms with Crippen molar-refractivity contribution in [2.45, 2.75) is 4.90 Å². The number of ether oxygens (including phenoxy) is 1. The molecule has 1 aliphatic heterocycles. The van der Waals surface area contributed by atoms with E-state index in [0.29, 0.717) is 24.8 Å². The third-order valence-corrected chi connectivity index (χ3v) is 6.24. The van der Waals surface area contributed by atoms with Crippen LogP contribution in [0.4, 0.5) is 17.5 Å². The molecule has 2 aromatic carbocycles. The Morgan fingerprint density at radius 3 is 2.33 bits per heavy atom. The van der Waals surface area contributed by atoms with E-state index >= 15 is 0 Å². The van der Waals surface area contributed by atoms with E-state index in [4.69, 9.17) is 4.74 Å². The van der Waals surface area contributed by atoms with Crippen LogP contribution >= 0.6 is 0 Å². The molecule has 2 N–H and O–H groups in total. The zero-order valence-corrected chi connectivity index (χ0v) is 17.4.